The smallest absolute Gasteiger partial charge is 0.333 e. The highest BCUT2D eigenvalue weighted by Gasteiger charge is 2.04. The van der Waals surface area contributed by atoms with Crippen molar-refractivity contribution in [2.24, 2.45) is 0 Å². The molecule has 0 spiro atoms. The van der Waals surface area contributed by atoms with E-state index in [-0.39, 0.29) is 5.56 Å². The van der Waals surface area contributed by atoms with E-state index in [1.807, 2.05) is 0 Å². The molecule has 0 aliphatic carbocycles. The lowest BCUT2D eigenvalue weighted by molar-refractivity contribution is 0.414. The number of hydrogen-bond acceptors (Lipinski definition) is 3. The summed E-state index contributed by atoms with van der Waals surface area (Å²) in [5.41, 5.74) is 0.262. The Balaban J connectivity index is 2.60. The molecule has 1 aromatic heterocycles. The lowest BCUT2D eigenvalue weighted by Gasteiger charge is -2.05. The van der Waals surface area contributed by atoms with Crippen LogP contribution < -0.4 is 16.0 Å². The highest BCUT2D eigenvalue weighted by atomic mass is 16.5. The Morgan fingerprint density at radius 1 is 1.18 bits per heavy atom. The topological polar surface area (TPSA) is 64.1 Å². The molecule has 0 atom stereocenters. The zero-order valence-electron chi connectivity index (χ0n) is 9.56. The summed E-state index contributed by atoms with van der Waals surface area (Å²) in [7, 11) is 1.56. The molecule has 0 amide bonds. The van der Waals surface area contributed by atoms with Gasteiger partial charge >= 0.3 is 5.69 Å². The second kappa shape index (κ2) is 4.29. The Bertz CT molecular complexity index is 607. The van der Waals surface area contributed by atoms with Crippen molar-refractivity contribution < 1.29 is 4.74 Å². The molecule has 1 N–H and O–H groups in total. The standard InChI is InChI=1S/C12H12N2O3/c1-8-7-11(15)14(12(16)13-8)9-3-5-10(17-2)6-4-9/h3-7H,1-2H3,(H,13,16). The summed E-state index contributed by atoms with van der Waals surface area (Å²) in [5, 5.41) is 0. The number of benzene rings is 1. The summed E-state index contributed by atoms with van der Waals surface area (Å²) in [6, 6.07) is 8.09. The zero-order chi connectivity index (χ0) is 12.4. The molecule has 0 radical (unpaired) electrons. The zero-order valence-corrected chi connectivity index (χ0v) is 9.56. The number of aryl methyl sites for hydroxylation is 1. The number of ether oxygens (including phenoxy) is 1. The minimum atomic E-state index is -0.444. The summed E-state index contributed by atoms with van der Waals surface area (Å²) in [5.74, 6) is 0.672. The molecule has 0 aliphatic rings. The lowest BCUT2D eigenvalue weighted by Crippen LogP contribution is -2.33. The molecule has 0 bridgehead atoms. The van der Waals surface area contributed by atoms with Gasteiger partial charge in [-0.15, -0.1) is 0 Å². The van der Waals surface area contributed by atoms with Crippen LogP contribution in [0, 0.1) is 6.92 Å². The van der Waals surface area contributed by atoms with Crippen LogP contribution in [-0.2, 0) is 0 Å². The number of H-pyrrole nitrogens is 1. The third kappa shape index (κ3) is 2.13. The molecular weight excluding hydrogens is 220 g/mol. The van der Waals surface area contributed by atoms with Crippen LogP contribution in [0.5, 0.6) is 5.75 Å². The number of nitrogens with zero attached hydrogens (tertiary/aromatic N) is 1. The van der Waals surface area contributed by atoms with Crippen molar-refractivity contribution >= 4 is 0 Å². The molecule has 0 unspecified atom stereocenters. The predicted molar refractivity (Wildman–Crippen MR) is 63.9 cm³/mol. The Morgan fingerprint density at radius 3 is 2.35 bits per heavy atom. The molecule has 0 saturated heterocycles. The quantitative estimate of drug-likeness (QED) is 0.834. The van der Waals surface area contributed by atoms with Crippen molar-refractivity contribution in [3.8, 4) is 11.4 Å². The van der Waals surface area contributed by atoms with Crippen LogP contribution in [0.4, 0.5) is 0 Å². The van der Waals surface area contributed by atoms with E-state index in [1.165, 1.54) is 6.07 Å². The van der Waals surface area contributed by atoms with Crippen LogP contribution in [0.25, 0.3) is 5.69 Å². The van der Waals surface area contributed by atoms with Crippen molar-refractivity contribution in [1.82, 2.24) is 9.55 Å². The van der Waals surface area contributed by atoms with Crippen molar-refractivity contribution in [2.45, 2.75) is 6.92 Å². The van der Waals surface area contributed by atoms with Crippen LogP contribution >= 0.6 is 0 Å². The van der Waals surface area contributed by atoms with Gasteiger partial charge < -0.3 is 9.72 Å². The predicted octanol–water partition coefficient (Wildman–Crippen LogP) is 0.843. The number of aromatic nitrogens is 2. The Kier molecular flexibility index (Phi) is 2.82. The lowest BCUT2D eigenvalue weighted by atomic mass is 10.3. The largest absolute Gasteiger partial charge is 0.497 e. The van der Waals surface area contributed by atoms with E-state index in [2.05, 4.69) is 4.98 Å². The first kappa shape index (κ1) is 11.2. The van der Waals surface area contributed by atoms with Crippen molar-refractivity contribution in [3.63, 3.8) is 0 Å². The summed E-state index contributed by atoms with van der Waals surface area (Å²) >= 11 is 0. The monoisotopic (exact) mass is 232 g/mol. The van der Waals surface area contributed by atoms with Crippen LogP contribution in [0.15, 0.2) is 39.9 Å². The van der Waals surface area contributed by atoms with E-state index in [4.69, 9.17) is 4.74 Å². The minimum absolute atomic E-state index is 0.351. The molecule has 5 nitrogen and oxygen atoms in total. The van der Waals surface area contributed by atoms with Gasteiger partial charge in [0, 0.05) is 11.8 Å². The Hall–Kier alpha value is -2.30. The summed E-state index contributed by atoms with van der Waals surface area (Å²) in [6.45, 7) is 1.67. The average Bonchev–Trinajstić information content (AvgIpc) is 2.28. The van der Waals surface area contributed by atoms with E-state index in [1.54, 1.807) is 38.3 Å². The molecule has 0 fully saturated rings. The third-order valence-electron chi connectivity index (χ3n) is 2.40. The Labute approximate surface area is 97.3 Å². The van der Waals surface area contributed by atoms with Crippen LogP contribution in [0.1, 0.15) is 5.69 Å². The van der Waals surface area contributed by atoms with Gasteiger partial charge in [-0.3, -0.25) is 4.79 Å². The molecule has 0 aliphatic heterocycles. The second-order valence-electron chi connectivity index (χ2n) is 3.63. The molecular formula is C12H12N2O3. The van der Waals surface area contributed by atoms with E-state index < -0.39 is 5.69 Å². The van der Waals surface area contributed by atoms with Crippen molar-refractivity contribution in [1.29, 1.82) is 0 Å². The first-order valence-electron chi connectivity index (χ1n) is 5.09. The summed E-state index contributed by atoms with van der Waals surface area (Å²) in [4.78, 5) is 26.0. The molecule has 1 heterocycles. The normalized spacial score (nSPS) is 10.2. The molecule has 0 saturated carbocycles. The third-order valence-corrected chi connectivity index (χ3v) is 2.40. The molecule has 1 aromatic carbocycles. The van der Waals surface area contributed by atoms with E-state index in [0.717, 1.165) is 4.57 Å². The van der Waals surface area contributed by atoms with Gasteiger partial charge in [0.1, 0.15) is 5.75 Å². The second-order valence-corrected chi connectivity index (χ2v) is 3.63. The average molecular weight is 232 g/mol. The number of nitrogens with one attached hydrogen (secondary N) is 1. The van der Waals surface area contributed by atoms with Crippen LogP contribution in [0.2, 0.25) is 0 Å². The van der Waals surface area contributed by atoms with Gasteiger partial charge in [0.25, 0.3) is 5.56 Å². The van der Waals surface area contributed by atoms with Gasteiger partial charge in [-0.2, -0.15) is 0 Å². The first-order chi connectivity index (χ1) is 8.11. The van der Waals surface area contributed by atoms with Gasteiger partial charge in [0.15, 0.2) is 0 Å². The summed E-state index contributed by atoms with van der Waals surface area (Å²) in [6.07, 6.45) is 0. The van der Waals surface area contributed by atoms with E-state index in [9.17, 15) is 9.59 Å². The van der Waals surface area contributed by atoms with Crippen molar-refractivity contribution in [3.05, 3.63) is 56.9 Å². The SMILES string of the molecule is COc1ccc(-n2c(=O)cc(C)[nH]c2=O)cc1. The number of hydrogen-bond donors (Lipinski definition) is 1. The van der Waals surface area contributed by atoms with Gasteiger partial charge in [0.05, 0.1) is 12.8 Å². The van der Waals surface area contributed by atoms with Crippen molar-refractivity contribution in [2.75, 3.05) is 7.11 Å². The molecule has 17 heavy (non-hydrogen) atoms. The van der Waals surface area contributed by atoms with E-state index >= 15 is 0 Å². The molecule has 2 aromatic rings. The minimum Gasteiger partial charge on any atom is -0.497 e. The van der Waals surface area contributed by atoms with Gasteiger partial charge in [0.2, 0.25) is 0 Å². The molecule has 5 heteroatoms. The fourth-order valence-corrected chi connectivity index (χ4v) is 1.59. The van der Waals surface area contributed by atoms with E-state index in [0.29, 0.717) is 17.1 Å². The number of aromatic amines is 1. The van der Waals surface area contributed by atoms with Gasteiger partial charge in [-0.05, 0) is 31.2 Å². The maximum Gasteiger partial charge on any atom is 0.333 e. The highest BCUT2D eigenvalue weighted by molar-refractivity contribution is 5.37. The van der Waals surface area contributed by atoms with Gasteiger partial charge in [-0.25, -0.2) is 9.36 Å². The Morgan fingerprint density at radius 2 is 1.82 bits per heavy atom. The first-order valence-corrected chi connectivity index (χ1v) is 5.09. The number of methoxy groups -OCH3 is 1. The maximum atomic E-state index is 11.7. The van der Waals surface area contributed by atoms with Crippen LogP contribution in [-0.4, -0.2) is 16.7 Å². The molecule has 2 rings (SSSR count). The summed E-state index contributed by atoms with van der Waals surface area (Å²) < 4.78 is 6.09. The van der Waals surface area contributed by atoms with Crippen LogP contribution in [0.3, 0.4) is 0 Å². The fourth-order valence-electron chi connectivity index (χ4n) is 1.59. The fraction of sp³-hybridized carbons (Fsp3) is 0.167. The number of rotatable bonds is 2. The maximum absolute atomic E-state index is 11.7. The molecule has 88 valence electrons. The highest BCUT2D eigenvalue weighted by Crippen LogP contribution is 2.12. The van der Waals surface area contributed by atoms with Gasteiger partial charge in [-0.1, -0.05) is 0 Å².